The minimum Gasteiger partial charge on any atom is -0.353 e. The molecule has 4 aromatic rings. The molecule has 2 aromatic carbocycles. The first kappa shape index (κ1) is 32.2. The van der Waals surface area contributed by atoms with E-state index in [1.165, 1.54) is 13.0 Å². The van der Waals surface area contributed by atoms with Gasteiger partial charge in [-0.3, -0.25) is 4.79 Å². The van der Waals surface area contributed by atoms with Crippen LogP contribution < -0.4 is 9.74 Å². The number of nitrogens with one attached hydrogen (secondary N) is 1. The van der Waals surface area contributed by atoms with Gasteiger partial charge in [-0.25, -0.2) is 15.0 Å². The average Bonchev–Trinajstić information content (AvgIpc) is 2.81. The largest absolute Gasteiger partial charge is 0.534 e. The van der Waals surface area contributed by atoms with Crippen molar-refractivity contribution in [3.8, 4) is 5.88 Å². The topological polar surface area (TPSA) is 183 Å². The maximum absolute atomic E-state index is 12.3. The van der Waals surface area contributed by atoms with Gasteiger partial charge in [-0.2, -0.15) is 40.8 Å². The van der Waals surface area contributed by atoms with Gasteiger partial charge in [-0.1, -0.05) is 12.1 Å². The standard InChI is InChI=1S/C11H9F3N2O3S.C10H10N2O.2CO2/c1-6-3-4-8-9(5-6)15-7(2)10(16-8)19-20(17,18)11(12,13)14;1-6-3-4-8-9(5-6)11-7(2)10(13)12-8;2*2-1-3/h3-5H,1-2H3;3-5H,1-2H3,(H,12,13);;. The maximum atomic E-state index is 12.3. The molecule has 0 radical (unpaired) electrons. The fourth-order valence-corrected chi connectivity index (χ4v) is 3.21. The lowest BCUT2D eigenvalue weighted by Crippen LogP contribution is -2.28. The van der Waals surface area contributed by atoms with E-state index >= 15 is 0 Å². The van der Waals surface area contributed by atoms with Crippen LogP contribution in [0.4, 0.5) is 13.2 Å². The monoisotopic (exact) mass is 568 g/mol. The lowest BCUT2D eigenvalue weighted by molar-refractivity contribution is -0.193. The highest BCUT2D eigenvalue weighted by Crippen LogP contribution is 2.28. The third-order valence-electron chi connectivity index (χ3n) is 4.44. The van der Waals surface area contributed by atoms with E-state index in [0.29, 0.717) is 11.2 Å². The molecule has 0 fully saturated rings. The predicted molar refractivity (Wildman–Crippen MR) is 126 cm³/mol. The van der Waals surface area contributed by atoms with Crippen LogP contribution in [0.1, 0.15) is 22.5 Å². The fourth-order valence-electron chi connectivity index (χ4n) is 2.75. The molecule has 0 bridgehead atoms. The van der Waals surface area contributed by atoms with Gasteiger partial charge in [0.15, 0.2) is 0 Å². The molecular weight excluding hydrogens is 549 g/mol. The van der Waals surface area contributed by atoms with Crippen LogP contribution in [-0.2, 0) is 29.3 Å². The van der Waals surface area contributed by atoms with Crippen molar-refractivity contribution in [3.05, 3.63) is 69.3 Å². The summed E-state index contributed by atoms with van der Waals surface area (Å²) in [5.41, 5.74) is -0.797. The molecule has 16 heteroatoms. The van der Waals surface area contributed by atoms with Gasteiger partial charge in [0, 0.05) is 0 Å². The molecule has 0 aliphatic rings. The molecule has 0 atom stereocenters. The molecule has 0 unspecified atom stereocenters. The van der Waals surface area contributed by atoms with Crippen molar-refractivity contribution in [1.29, 1.82) is 0 Å². The summed E-state index contributed by atoms with van der Waals surface area (Å²) < 4.78 is 62.7. The Morgan fingerprint density at radius 1 is 0.769 bits per heavy atom. The number of H-pyrrole nitrogens is 1. The molecule has 0 spiro atoms. The minimum absolute atomic E-state index is 0.0454. The van der Waals surface area contributed by atoms with Crippen LogP contribution >= 0.6 is 0 Å². The second-order valence-electron chi connectivity index (χ2n) is 7.43. The smallest absolute Gasteiger partial charge is 0.353 e. The van der Waals surface area contributed by atoms with Crippen LogP contribution in [0.3, 0.4) is 0 Å². The number of fused-ring (bicyclic) bond motifs is 2. The number of rotatable bonds is 2. The summed E-state index contributed by atoms with van der Waals surface area (Å²) in [6.07, 6.45) is 0.500. The van der Waals surface area contributed by atoms with Crippen LogP contribution in [0.25, 0.3) is 22.1 Å². The zero-order chi connectivity index (χ0) is 30.0. The number of benzene rings is 2. The normalized spacial score (nSPS) is 10.4. The summed E-state index contributed by atoms with van der Waals surface area (Å²) in [6.45, 7) is 6.84. The van der Waals surface area contributed by atoms with Crippen molar-refractivity contribution in [2.75, 3.05) is 0 Å². The average molecular weight is 568 g/mol. The molecule has 39 heavy (non-hydrogen) atoms. The Morgan fingerprint density at radius 3 is 1.79 bits per heavy atom. The van der Waals surface area contributed by atoms with Crippen molar-refractivity contribution in [2.24, 2.45) is 0 Å². The number of aromatic nitrogens is 4. The van der Waals surface area contributed by atoms with Gasteiger partial charge in [0.05, 0.1) is 22.1 Å². The number of nitrogens with zero attached hydrogens (tertiary/aromatic N) is 3. The van der Waals surface area contributed by atoms with Crippen LogP contribution in [0, 0.1) is 27.7 Å². The van der Waals surface area contributed by atoms with Crippen molar-refractivity contribution in [2.45, 2.75) is 33.2 Å². The van der Waals surface area contributed by atoms with Gasteiger partial charge in [0.1, 0.15) is 11.4 Å². The molecule has 0 saturated heterocycles. The highest BCUT2D eigenvalue weighted by atomic mass is 32.2. The third-order valence-corrected chi connectivity index (χ3v) is 5.39. The van der Waals surface area contributed by atoms with E-state index < -0.39 is 21.5 Å². The van der Waals surface area contributed by atoms with Gasteiger partial charge in [0.25, 0.3) is 11.4 Å². The Morgan fingerprint density at radius 2 is 1.26 bits per heavy atom. The second kappa shape index (κ2) is 13.7. The number of aromatic amines is 1. The van der Waals surface area contributed by atoms with E-state index in [4.69, 9.17) is 19.2 Å². The highest BCUT2D eigenvalue weighted by Gasteiger charge is 2.49. The van der Waals surface area contributed by atoms with Gasteiger partial charge >= 0.3 is 27.9 Å². The molecule has 1 N–H and O–H groups in total. The molecule has 0 aliphatic heterocycles. The quantitative estimate of drug-likeness (QED) is 0.277. The Bertz CT molecular complexity index is 1700. The van der Waals surface area contributed by atoms with Crippen LogP contribution in [0.5, 0.6) is 5.88 Å². The van der Waals surface area contributed by atoms with Crippen LogP contribution in [0.2, 0.25) is 0 Å². The van der Waals surface area contributed by atoms with E-state index in [2.05, 4.69) is 24.1 Å². The Hall–Kier alpha value is -4.78. The molecule has 2 aromatic heterocycles. The summed E-state index contributed by atoms with van der Waals surface area (Å²) >= 11 is 0. The lowest BCUT2D eigenvalue weighted by atomic mass is 10.2. The Balaban J connectivity index is 0.000000342. The van der Waals surface area contributed by atoms with Crippen molar-refractivity contribution in [1.82, 2.24) is 19.9 Å². The Labute approximate surface area is 218 Å². The van der Waals surface area contributed by atoms with Crippen molar-refractivity contribution in [3.63, 3.8) is 0 Å². The Kier molecular flexibility index (Phi) is 11.3. The summed E-state index contributed by atoms with van der Waals surface area (Å²) in [5.74, 6) is -0.682. The summed E-state index contributed by atoms with van der Waals surface area (Å²) in [5, 5.41) is 0. The molecule has 4 rings (SSSR count). The molecule has 12 nitrogen and oxygen atoms in total. The zero-order valence-electron chi connectivity index (χ0n) is 20.6. The summed E-state index contributed by atoms with van der Waals surface area (Å²) in [4.78, 5) is 58.4. The summed E-state index contributed by atoms with van der Waals surface area (Å²) in [6, 6.07) is 10.7. The van der Waals surface area contributed by atoms with Crippen LogP contribution in [0.15, 0.2) is 41.2 Å². The highest BCUT2D eigenvalue weighted by molar-refractivity contribution is 7.87. The van der Waals surface area contributed by atoms with E-state index in [-0.39, 0.29) is 29.1 Å². The number of hydrogen-bond donors (Lipinski definition) is 1. The lowest BCUT2D eigenvalue weighted by Gasteiger charge is -2.10. The molecule has 0 aliphatic carbocycles. The third kappa shape index (κ3) is 9.23. The number of alkyl halides is 3. The molecule has 2 heterocycles. The zero-order valence-corrected chi connectivity index (χ0v) is 21.4. The van der Waals surface area contributed by atoms with Gasteiger partial charge < -0.3 is 9.17 Å². The first-order chi connectivity index (χ1) is 18.1. The van der Waals surface area contributed by atoms with Gasteiger partial charge in [0.2, 0.25) is 0 Å². The first-order valence-corrected chi connectivity index (χ1v) is 11.7. The molecule has 206 valence electrons. The van der Waals surface area contributed by atoms with E-state index in [9.17, 15) is 26.4 Å². The second-order valence-corrected chi connectivity index (χ2v) is 8.97. The number of carbonyl (C=O) groups excluding carboxylic acids is 4. The predicted octanol–water partition coefficient (Wildman–Crippen LogP) is 2.85. The van der Waals surface area contributed by atoms with Gasteiger partial charge in [-0.05, 0) is 63.1 Å². The molecule has 0 amide bonds. The number of halogens is 3. The van der Waals surface area contributed by atoms with E-state index in [0.717, 1.165) is 22.2 Å². The van der Waals surface area contributed by atoms with E-state index in [1.54, 1.807) is 19.1 Å². The maximum Gasteiger partial charge on any atom is 0.534 e. The van der Waals surface area contributed by atoms with Gasteiger partial charge in [-0.15, -0.1) is 0 Å². The summed E-state index contributed by atoms with van der Waals surface area (Å²) in [7, 11) is -5.75. The molecular formula is C23H19F3N4O8S. The minimum atomic E-state index is -5.75. The van der Waals surface area contributed by atoms with E-state index in [1.807, 2.05) is 32.0 Å². The number of aryl methyl sites for hydroxylation is 4. The SMILES string of the molecule is Cc1ccc2[nH]c(=O)c(C)nc2c1.Cc1ccc2nc(OS(=O)(=O)C(F)(F)F)c(C)nc2c1.O=C=O.O=C=O. The molecule has 0 saturated carbocycles. The fraction of sp³-hybridized carbons (Fsp3) is 0.217. The van der Waals surface area contributed by atoms with Crippen LogP contribution in [-0.4, -0.2) is 46.2 Å². The first-order valence-electron chi connectivity index (χ1n) is 10.3. The number of hydrogen-bond acceptors (Lipinski definition) is 11. The van der Waals surface area contributed by atoms with Crippen molar-refractivity contribution < 1.29 is 45.0 Å². The van der Waals surface area contributed by atoms with Crippen molar-refractivity contribution >= 4 is 44.5 Å².